The molecular weight excluding hydrogens is 328 g/mol. The molecule has 0 saturated carbocycles. The van der Waals surface area contributed by atoms with Crippen molar-refractivity contribution in [3.05, 3.63) is 71.8 Å². The SMILES string of the molecule is CC1CC[C@@H]2[C@@H](OCc3ccccc3)[C@H](OCc3ccccc3)C[S+]12. The summed E-state index contributed by atoms with van der Waals surface area (Å²) in [5.74, 6) is 1.18. The first-order chi connectivity index (χ1) is 12.3. The van der Waals surface area contributed by atoms with Gasteiger partial charge in [-0.25, -0.2) is 0 Å². The normalized spacial score (nSPS) is 31.2. The third-order valence-corrected chi connectivity index (χ3v) is 8.71. The maximum atomic E-state index is 6.43. The van der Waals surface area contributed by atoms with Crippen molar-refractivity contribution in [3.63, 3.8) is 0 Å². The molecule has 0 bridgehead atoms. The molecule has 3 heteroatoms. The van der Waals surface area contributed by atoms with Crippen LogP contribution in [0.25, 0.3) is 0 Å². The van der Waals surface area contributed by atoms with E-state index in [1.807, 2.05) is 0 Å². The van der Waals surface area contributed by atoms with Crippen LogP contribution in [0.2, 0.25) is 0 Å². The van der Waals surface area contributed by atoms with Crippen molar-refractivity contribution < 1.29 is 9.47 Å². The molecule has 0 N–H and O–H groups in total. The monoisotopic (exact) mass is 355 g/mol. The Bertz CT molecular complexity index is 660. The van der Waals surface area contributed by atoms with E-state index in [4.69, 9.17) is 9.47 Å². The van der Waals surface area contributed by atoms with Crippen LogP contribution in [0.1, 0.15) is 30.9 Å². The summed E-state index contributed by atoms with van der Waals surface area (Å²) in [6, 6.07) is 21.0. The fourth-order valence-electron chi connectivity index (χ4n) is 4.05. The number of fused-ring (bicyclic) bond motifs is 1. The molecule has 2 fully saturated rings. The highest BCUT2D eigenvalue weighted by Crippen LogP contribution is 2.41. The minimum absolute atomic E-state index is 0.236. The van der Waals surface area contributed by atoms with Crippen LogP contribution in [0.3, 0.4) is 0 Å². The third kappa shape index (κ3) is 3.94. The summed E-state index contributed by atoms with van der Waals surface area (Å²) in [6.45, 7) is 3.80. The fourth-order valence-corrected chi connectivity index (χ4v) is 7.36. The van der Waals surface area contributed by atoms with Gasteiger partial charge in [0.2, 0.25) is 0 Å². The second kappa shape index (κ2) is 7.94. The molecule has 0 aromatic heterocycles. The second-order valence-corrected chi connectivity index (χ2v) is 9.84. The molecule has 2 unspecified atom stereocenters. The molecule has 132 valence electrons. The van der Waals surface area contributed by atoms with Gasteiger partial charge in [0, 0.05) is 6.42 Å². The highest BCUT2D eigenvalue weighted by atomic mass is 32.2. The Morgan fingerprint density at radius 2 is 1.44 bits per heavy atom. The predicted molar refractivity (Wildman–Crippen MR) is 105 cm³/mol. The summed E-state index contributed by atoms with van der Waals surface area (Å²) in [6.07, 6.45) is 3.14. The first kappa shape index (κ1) is 17.1. The van der Waals surface area contributed by atoms with Crippen molar-refractivity contribution in [2.75, 3.05) is 5.75 Å². The van der Waals surface area contributed by atoms with Gasteiger partial charge in [-0.1, -0.05) is 60.7 Å². The van der Waals surface area contributed by atoms with Gasteiger partial charge in [-0.15, -0.1) is 0 Å². The zero-order chi connectivity index (χ0) is 17.1. The minimum Gasteiger partial charge on any atom is -0.366 e. The van der Waals surface area contributed by atoms with E-state index in [1.54, 1.807) is 0 Å². The largest absolute Gasteiger partial charge is 0.366 e. The van der Waals surface area contributed by atoms with Crippen molar-refractivity contribution >= 4 is 10.9 Å². The topological polar surface area (TPSA) is 18.5 Å². The van der Waals surface area contributed by atoms with Crippen molar-refractivity contribution in [1.82, 2.24) is 0 Å². The van der Waals surface area contributed by atoms with Gasteiger partial charge in [0.05, 0.1) is 13.2 Å². The minimum atomic E-state index is 0.236. The van der Waals surface area contributed by atoms with Crippen molar-refractivity contribution in [3.8, 4) is 0 Å². The molecule has 2 heterocycles. The Balaban J connectivity index is 1.42. The average molecular weight is 356 g/mol. The van der Waals surface area contributed by atoms with Gasteiger partial charge in [-0.05, 0) is 35.4 Å². The first-order valence-corrected chi connectivity index (χ1v) is 10.8. The van der Waals surface area contributed by atoms with Crippen molar-refractivity contribution in [2.24, 2.45) is 0 Å². The van der Waals surface area contributed by atoms with E-state index in [1.165, 1.54) is 29.7 Å². The molecule has 0 radical (unpaired) electrons. The third-order valence-electron chi connectivity index (χ3n) is 5.45. The molecule has 2 aromatic carbocycles. The summed E-state index contributed by atoms with van der Waals surface area (Å²) < 4.78 is 12.8. The molecule has 5 atom stereocenters. The van der Waals surface area contributed by atoms with Crippen molar-refractivity contribution in [1.29, 1.82) is 0 Å². The van der Waals surface area contributed by atoms with Crippen LogP contribution in [0.15, 0.2) is 60.7 Å². The Labute approximate surface area is 153 Å². The lowest BCUT2D eigenvalue weighted by Gasteiger charge is -2.21. The predicted octanol–water partition coefficient (Wildman–Crippen LogP) is 4.34. The fraction of sp³-hybridized carbons (Fsp3) is 0.455. The maximum absolute atomic E-state index is 6.43. The Morgan fingerprint density at radius 3 is 2.08 bits per heavy atom. The van der Waals surface area contributed by atoms with Crippen LogP contribution in [0, 0.1) is 0 Å². The van der Waals surface area contributed by atoms with Crippen LogP contribution in [-0.2, 0) is 33.6 Å². The van der Waals surface area contributed by atoms with Gasteiger partial charge in [-0.3, -0.25) is 0 Å². The van der Waals surface area contributed by atoms with E-state index < -0.39 is 0 Å². The lowest BCUT2D eigenvalue weighted by molar-refractivity contribution is -0.0698. The lowest BCUT2D eigenvalue weighted by atomic mass is 10.1. The second-order valence-electron chi connectivity index (χ2n) is 7.16. The van der Waals surface area contributed by atoms with E-state index in [2.05, 4.69) is 67.6 Å². The molecule has 2 aliphatic rings. The zero-order valence-corrected chi connectivity index (χ0v) is 15.7. The summed E-state index contributed by atoms with van der Waals surface area (Å²) in [4.78, 5) is 0. The number of benzene rings is 2. The number of hydrogen-bond acceptors (Lipinski definition) is 2. The average Bonchev–Trinajstić information content (AvgIpc) is 3.19. The van der Waals surface area contributed by atoms with E-state index in [-0.39, 0.29) is 12.2 Å². The number of rotatable bonds is 6. The first-order valence-electron chi connectivity index (χ1n) is 9.31. The van der Waals surface area contributed by atoms with Gasteiger partial charge in [0.25, 0.3) is 0 Å². The Kier molecular flexibility index (Phi) is 5.45. The Hall–Kier alpha value is -1.29. The van der Waals surface area contributed by atoms with Crippen LogP contribution in [0.5, 0.6) is 0 Å². The Morgan fingerprint density at radius 1 is 0.840 bits per heavy atom. The van der Waals surface area contributed by atoms with E-state index >= 15 is 0 Å². The summed E-state index contributed by atoms with van der Waals surface area (Å²) in [5, 5.41) is 1.53. The van der Waals surface area contributed by atoms with Crippen molar-refractivity contribution in [2.45, 2.75) is 55.7 Å². The molecule has 2 nitrogen and oxygen atoms in total. The number of ether oxygens (including phenoxy) is 2. The molecule has 0 amide bonds. The number of hydrogen-bond donors (Lipinski definition) is 0. The van der Waals surface area contributed by atoms with E-state index in [0.29, 0.717) is 29.4 Å². The van der Waals surface area contributed by atoms with Crippen LogP contribution in [-0.4, -0.2) is 28.5 Å². The highest BCUT2D eigenvalue weighted by molar-refractivity contribution is 7.98. The molecular formula is C22H27O2S+. The zero-order valence-electron chi connectivity index (χ0n) is 14.8. The van der Waals surface area contributed by atoms with Crippen LogP contribution < -0.4 is 0 Å². The quantitative estimate of drug-likeness (QED) is 0.718. The van der Waals surface area contributed by atoms with E-state index in [0.717, 1.165) is 5.25 Å². The van der Waals surface area contributed by atoms with Gasteiger partial charge < -0.3 is 9.47 Å². The molecule has 0 aliphatic carbocycles. The summed E-state index contributed by atoms with van der Waals surface area (Å²) >= 11 is 0. The van der Waals surface area contributed by atoms with Gasteiger partial charge >= 0.3 is 0 Å². The summed E-state index contributed by atoms with van der Waals surface area (Å²) in [5.41, 5.74) is 2.50. The van der Waals surface area contributed by atoms with Gasteiger partial charge in [0.1, 0.15) is 28.5 Å². The van der Waals surface area contributed by atoms with Gasteiger partial charge in [0.15, 0.2) is 0 Å². The van der Waals surface area contributed by atoms with Gasteiger partial charge in [-0.2, -0.15) is 0 Å². The molecule has 25 heavy (non-hydrogen) atoms. The van der Waals surface area contributed by atoms with Crippen LogP contribution in [0.4, 0.5) is 0 Å². The molecule has 2 saturated heterocycles. The highest BCUT2D eigenvalue weighted by Gasteiger charge is 2.57. The maximum Gasteiger partial charge on any atom is 0.147 e. The summed E-state index contributed by atoms with van der Waals surface area (Å²) in [7, 11) is 0.461. The standard InChI is InChI=1S/C22H27O2S/c1-17-12-13-21-22(24-15-19-10-6-3-7-11-19)20(16-25(17)21)23-14-18-8-4-2-5-9-18/h2-11,17,20-22H,12-16H2,1H3/q+1/t17?,20-,21-,22+,25?/m1/s1. The molecule has 4 rings (SSSR count). The van der Waals surface area contributed by atoms with Crippen LogP contribution >= 0.6 is 0 Å². The molecule has 0 spiro atoms. The van der Waals surface area contributed by atoms with E-state index in [9.17, 15) is 0 Å². The molecule has 2 aromatic rings. The lowest BCUT2D eigenvalue weighted by Crippen LogP contribution is -2.34. The smallest absolute Gasteiger partial charge is 0.147 e. The molecule has 2 aliphatic heterocycles.